The van der Waals surface area contributed by atoms with E-state index in [1.807, 2.05) is 24.3 Å². The third kappa shape index (κ3) is 26.4. The molecule has 2 aromatic heterocycles. The first kappa shape index (κ1) is 77.9. The molecule has 0 bridgehead atoms. The zero-order chi connectivity index (χ0) is 71.2. The second kappa shape index (κ2) is 39.2. The summed E-state index contributed by atoms with van der Waals surface area (Å²) in [5.41, 5.74) is 19.5. The maximum Gasteiger partial charge on any atom is 0.328 e. The van der Waals surface area contributed by atoms with Gasteiger partial charge in [0.05, 0.1) is 44.8 Å². The molecule has 0 aliphatic rings. The zero-order valence-corrected chi connectivity index (χ0v) is 53.2. The third-order valence-corrected chi connectivity index (χ3v) is 14.5. The smallest absolute Gasteiger partial charge is 0.328 e. The molecule has 0 saturated carbocycles. The number of aromatic amines is 2. The summed E-state index contributed by atoms with van der Waals surface area (Å²) in [6, 6.07) is 0.209. The van der Waals surface area contributed by atoms with Crippen molar-refractivity contribution in [3.63, 3.8) is 0 Å². The first-order valence-corrected chi connectivity index (χ1v) is 30.5. The van der Waals surface area contributed by atoms with Gasteiger partial charge in [-0.1, -0.05) is 62.4 Å². The number of aliphatic imine (C=N–C) groups is 1. The molecular formula is C60H86N18O18. The number of rotatable bonds is 41. The van der Waals surface area contributed by atoms with Gasteiger partial charge in [0.1, 0.15) is 48.3 Å². The van der Waals surface area contributed by atoms with Crippen molar-refractivity contribution in [1.29, 1.82) is 0 Å². The van der Waals surface area contributed by atoms with Crippen LogP contribution in [0.2, 0.25) is 0 Å². The Kier molecular flexibility index (Phi) is 31.8. The van der Waals surface area contributed by atoms with E-state index in [9.17, 15) is 87.9 Å². The van der Waals surface area contributed by atoms with Crippen LogP contribution in [0.15, 0.2) is 78.3 Å². The average Bonchev–Trinajstić information content (AvgIpc) is 1.71. The lowest BCUT2D eigenvalue weighted by Crippen LogP contribution is -2.60. The van der Waals surface area contributed by atoms with Gasteiger partial charge in [-0.3, -0.25) is 62.5 Å². The summed E-state index contributed by atoms with van der Waals surface area (Å²) in [7, 11) is 0. The number of benzene rings is 2. The molecule has 36 heteroatoms. The molecule has 11 atom stereocenters. The minimum atomic E-state index is -1.90. The van der Waals surface area contributed by atoms with Crippen LogP contribution in [-0.2, 0) is 81.6 Å². The number of imidazole rings is 1. The van der Waals surface area contributed by atoms with E-state index < -0.39 is 183 Å². The number of amides is 11. The Morgan fingerprint density at radius 1 is 0.562 bits per heavy atom. The van der Waals surface area contributed by atoms with Gasteiger partial charge in [-0.15, -0.1) is 0 Å². The second-order valence-electron chi connectivity index (χ2n) is 22.8. The lowest BCUT2D eigenvalue weighted by molar-refractivity contribution is -0.145. The highest BCUT2D eigenvalue weighted by Gasteiger charge is 2.35. The molecule has 0 aliphatic heterocycles. The summed E-state index contributed by atoms with van der Waals surface area (Å²) in [5.74, 6) is -14.4. The molecule has 524 valence electrons. The maximum atomic E-state index is 14.3. The molecule has 96 heavy (non-hydrogen) atoms. The van der Waals surface area contributed by atoms with Gasteiger partial charge in [0.25, 0.3) is 0 Å². The van der Waals surface area contributed by atoms with Crippen molar-refractivity contribution in [2.45, 2.75) is 146 Å². The Morgan fingerprint density at radius 2 is 1.08 bits per heavy atom. The SMILES string of the molecule is CC(C)C[C@H](NC(=O)CNC(=O)[C@H](Cc1ccccc1)NC(=O)[C@H](Cc1cnc[nH]1)NC(=O)[C@H](CO)NC(=O)[C@H](CCC(=O)O)NC(=O)CNC(=O)[C@H](C)NC(=O)[C@H](CO)NC(=O)[C@H](CCCN=C(N)N)NC(=O)[C@@H](N)Cc1c[nH]c2ccccc12)C(=O)N[C@H](C(=O)O)[C@@H](C)O. The van der Waals surface area contributed by atoms with Crippen LogP contribution in [0.25, 0.3) is 10.9 Å². The summed E-state index contributed by atoms with van der Waals surface area (Å²) in [4.78, 5) is 186. The Labute approximate surface area is 550 Å². The Balaban J connectivity index is 1.40. The van der Waals surface area contributed by atoms with E-state index in [2.05, 4.69) is 78.4 Å². The van der Waals surface area contributed by atoms with Crippen molar-refractivity contribution in [2.24, 2.45) is 28.1 Å². The number of hydrogen-bond donors (Lipinski definition) is 21. The van der Waals surface area contributed by atoms with Crippen molar-refractivity contribution < 1.29 is 87.9 Å². The number of aliphatic hydroxyl groups excluding tert-OH is 3. The number of hydrogen-bond acceptors (Lipinski definition) is 19. The average molecular weight is 1350 g/mol. The fourth-order valence-electron chi connectivity index (χ4n) is 9.41. The van der Waals surface area contributed by atoms with Gasteiger partial charge in [-0.05, 0) is 69.1 Å². The van der Waals surface area contributed by atoms with E-state index in [0.29, 0.717) is 5.56 Å². The normalized spacial score (nSPS) is 14.5. The quantitative estimate of drug-likeness (QED) is 0.0112. The molecule has 0 aliphatic carbocycles. The van der Waals surface area contributed by atoms with E-state index in [-0.39, 0.29) is 62.6 Å². The Hall–Kier alpha value is -10.6. The number of aliphatic carboxylic acids is 2. The number of nitrogens with two attached hydrogens (primary N) is 3. The molecule has 36 nitrogen and oxygen atoms in total. The highest BCUT2D eigenvalue weighted by molar-refractivity contribution is 5.99. The highest BCUT2D eigenvalue weighted by Crippen LogP contribution is 2.19. The number of aliphatic hydroxyl groups is 3. The molecule has 11 amide bonds. The van der Waals surface area contributed by atoms with Crippen molar-refractivity contribution in [2.75, 3.05) is 32.8 Å². The lowest BCUT2D eigenvalue weighted by Gasteiger charge is -2.26. The number of nitrogens with zero attached hydrogens (tertiary/aromatic N) is 2. The highest BCUT2D eigenvalue weighted by atomic mass is 16.4. The second-order valence-corrected chi connectivity index (χ2v) is 22.8. The number of fused-ring (bicyclic) bond motifs is 1. The summed E-state index contributed by atoms with van der Waals surface area (Å²) in [6.07, 6.45) is 1.11. The van der Waals surface area contributed by atoms with Crippen LogP contribution < -0.4 is 75.7 Å². The van der Waals surface area contributed by atoms with Gasteiger partial charge >= 0.3 is 11.9 Å². The minimum absolute atomic E-state index is 0.0253. The number of carbonyl (C=O) groups excluding carboxylic acids is 11. The van der Waals surface area contributed by atoms with Crippen LogP contribution in [0.1, 0.15) is 76.6 Å². The standard InChI is InChI=1S/C60H86N18O18/c1-30(2)19-41(56(92)78-49(32(4)81)59(95)96)72-47(83)26-68-52(88)42(20-33-11-6-5-7-12-33)74-55(91)43(22-35-24-64-29-69-35)75-58(94)45(28-80)77-54(90)40(16-17-48(84)85)71-46(82)25-67-50(86)31(3)70-57(93)44(27-79)76-53(89)39(15-10-18-65-60(62)63)73-51(87)37(61)21-34-23-66-38-14-9-8-13-36(34)38/h5-9,11-14,23-24,29-32,37,39-45,49,66,79-81H,10,15-22,25-28,61H2,1-4H3,(H,64,69)(H,67,86)(H,68,88)(H,70,93)(H,71,82)(H,72,83)(H,73,87)(H,74,91)(H,75,94)(H,76,89)(H,77,90)(H,78,92)(H,84,85)(H,95,96)(H4,62,63,65)/t31-,32+,37-,39-,40-,41-,42-,43-,44-,45-,49-/m0/s1. The number of carboxylic acids is 2. The van der Waals surface area contributed by atoms with E-state index in [1.165, 1.54) is 19.4 Å². The van der Waals surface area contributed by atoms with Gasteiger partial charge in [0.15, 0.2) is 12.0 Å². The van der Waals surface area contributed by atoms with Crippen molar-refractivity contribution >= 4 is 93.8 Å². The number of para-hydroxylation sites is 1. The van der Waals surface area contributed by atoms with Crippen molar-refractivity contribution in [3.8, 4) is 0 Å². The molecule has 0 spiro atoms. The lowest BCUT2D eigenvalue weighted by atomic mass is 10.0. The van der Waals surface area contributed by atoms with E-state index >= 15 is 0 Å². The van der Waals surface area contributed by atoms with Crippen LogP contribution in [0.5, 0.6) is 0 Å². The number of aromatic nitrogens is 3. The van der Waals surface area contributed by atoms with Crippen molar-refractivity contribution in [1.82, 2.24) is 73.4 Å². The van der Waals surface area contributed by atoms with Crippen LogP contribution in [-0.4, -0.2) is 223 Å². The number of carbonyl (C=O) groups is 13. The number of H-pyrrole nitrogens is 2. The van der Waals surface area contributed by atoms with Gasteiger partial charge in [0.2, 0.25) is 65.0 Å². The van der Waals surface area contributed by atoms with Crippen LogP contribution in [0, 0.1) is 5.92 Å². The Bertz CT molecular complexity index is 3340. The third-order valence-electron chi connectivity index (χ3n) is 14.5. The first-order chi connectivity index (χ1) is 45.5. The number of carboxylic acid groups (broad SMARTS) is 2. The Morgan fingerprint density at radius 3 is 1.65 bits per heavy atom. The number of nitrogens with one attached hydrogen (secondary N) is 13. The van der Waals surface area contributed by atoms with E-state index in [4.69, 9.17) is 17.2 Å². The molecule has 2 heterocycles. The van der Waals surface area contributed by atoms with Crippen molar-refractivity contribution in [3.05, 3.63) is 90.1 Å². The monoisotopic (exact) mass is 1350 g/mol. The molecule has 2 aromatic carbocycles. The van der Waals surface area contributed by atoms with Crippen LogP contribution in [0.4, 0.5) is 0 Å². The largest absolute Gasteiger partial charge is 0.481 e. The fourth-order valence-corrected chi connectivity index (χ4v) is 9.41. The van der Waals surface area contributed by atoms with Crippen LogP contribution in [0.3, 0.4) is 0 Å². The number of guanidine groups is 1. The van der Waals surface area contributed by atoms with Crippen LogP contribution >= 0.6 is 0 Å². The topological polar surface area (TPSA) is 590 Å². The molecule has 24 N–H and O–H groups in total. The predicted octanol–water partition coefficient (Wildman–Crippen LogP) is -6.72. The van der Waals surface area contributed by atoms with Gasteiger partial charge < -0.3 is 111 Å². The van der Waals surface area contributed by atoms with Gasteiger partial charge in [-0.2, -0.15) is 0 Å². The van der Waals surface area contributed by atoms with E-state index in [0.717, 1.165) is 23.4 Å². The maximum absolute atomic E-state index is 14.3. The zero-order valence-electron chi connectivity index (χ0n) is 53.2. The molecular weight excluding hydrogens is 1260 g/mol. The summed E-state index contributed by atoms with van der Waals surface area (Å²) in [5, 5.41) is 76.1. The van der Waals surface area contributed by atoms with E-state index in [1.54, 1.807) is 50.4 Å². The molecule has 4 aromatic rings. The minimum Gasteiger partial charge on any atom is -0.481 e. The summed E-state index contributed by atoms with van der Waals surface area (Å²) < 4.78 is 0. The molecule has 0 saturated heterocycles. The van der Waals surface area contributed by atoms with Gasteiger partial charge in [0, 0.05) is 54.8 Å². The summed E-state index contributed by atoms with van der Waals surface area (Å²) >= 11 is 0. The predicted molar refractivity (Wildman–Crippen MR) is 341 cm³/mol. The molecule has 0 radical (unpaired) electrons. The summed E-state index contributed by atoms with van der Waals surface area (Å²) in [6.45, 7) is 2.05. The first-order valence-electron chi connectivity index (χ1n) is 30.5. The molecule has 4 rings (SSSR count). The van der Waals surface area contributed by atoms with Gasteiger partial charge in [-0.25, -0.2) is 9.78 Å². The molecule has 0 fully saturated rings. The fraction of sp³-hybridized carbons (Fsp3) is 0.483. The molecule has 0 unspecified atom stereocenters.